The van der Waals surface area contributed by atoms with Crippen molar-refractivity contribution in [2.75, 3.05) is 6.61 Å². The Morgan fingerprint density at radius 1 is 0.920 bits per heavy atom. The average molecular weight is 396 g/mol. The molecule has 0 atom stereocenters. The Hall–Kier alpha value is -0.739. The largest absolute Gasteiger partial charge is 0.475 e. The molecule has 0 aromatic heterocycles. The second-order valence-electron chi connectivity index (χ2n) is 9.44. The molecule has 0 aliphatic carbocycles. The van der Waals surface area contributed by atoms with Crippen LogP contribution in [0, 0.1) is 0 Å². The van der Waals surface area contributed by atoms with E-state index in [1.165, 1.54) is 0 Å². The summed E-state index contributed by atoms with van der Waals surface area (Å²) < 4.78 is 19.4. The van der Waals surface area contributed by atoms with Crippen LogP contribution in [0.1, 0.15) is 19.4 Å². The molecule has 1 heterocycles. The van der Waals surface area contributed by atoms with Gasteiger partial charge in [0.1, 0.15) is 6.61 Å². The van der Waals surface area contributed by atoms with E-state index in [-0.39, 0.29) is 5.54 Å². The molecule has 0 amide bonds. The van der Waals surface area contributed by atoms with Gasteiger partial charge in [-0.1, -0.05) is 18.2 Å². The fraction of sp³-hybridized carbons (Fsp3) is 0.611. The van der Waals surface area contributed by atoms with Crippen molar-refractivity contribution in [2.45, 2.75) is 65.2 Å². The number of ether oxygens (including phenoxy) is 1. The number of aliphatic imine (C=N–C) groups is 1. The quantitative estimate of drug-likeness (QED) is 0.677. The van der Waals surface area contributed by atoms with Gasteiger partial charge in [-0.15, -0.1) is 0 Å². The maximum atomic E-state index is 6.72. The van der Waals surface area contributed by atoms with Crippen LogP contribution >= 0.6 is 0 Å². The zero-order chi connectivity index (χ0) is 19.1. The topological polar surface area (TPSA) is 40.0 Å². The van der Waals surface area contributed by atoms with E-state index in [2.05, 4.69) is 77.9 Å². The summed E-state index contributed by atoms with van der Waals surface area (Å²) in [4.78, 5) is 4.79. The molecular weight excluding hydrogens is 362 g/mol. The van der Waals surface area contributed by atoms with Crippen LogP contribution in [-0.4, -0.2) is 43.2 Å². The molecule has 0 fully saturated rings. The minimum absolute atomic E-state index is 0.181. The lowest BCUT2D eigenvalue weighted by molar-refractivity contribution is 0.279. The Kier molecular flexibility index (Phi) is 5.57. The van der Waals surface area contributed by atoms with Crippen LogP contribution in [0.25, 0.3) is 0 Å². The molecule has 0 N–H and O–H groups in total. The maximum Gasteiger partial charge on any atom is 0.349 e. The van der Waals surface area contributed by atoms with Gasteiger partial charge >= 0.3 is 8.56 Å². The SMILES string of the molecule is CC1(C)COC(c2ccccc2[Si](C)(O[Si](C)(C)C)O[Si](C)(C)C)=N1. The smallest absolute Gasteiger partial charge is 0.349 e. The van der Waals surface area contributed by atoms with Crippen molar-refractivity contribution >= 4 is 36.3 Å². The van der Waals surface area contributed by atoms with E-state index in [9.17, 15) is 0 Å². The minimum Gasteiger partial charge on any atom is -0.475 e. The summed E-state index contributed by atoms with van der Waals surface area (Å²) in [5, 5.41) is 1.14. The first-order valence-electron chi connectivity index (χ1n) is 8.94. The van der Waals surface area contributed by atoms with Crippen LogP contribution in [-0.2, 0) is 13.0 Å². The predicted molar refractivity (Wildman–Crippen MR) is 113 cm³/mol. The highest BCUT2D eigenvalue weighted by atomic mass is 28.5. The lowest BCUT2D eigenvalue weighted by Gasteiger charge is -2.39. The number of hydrogen-bond acceptors (Lipinski definition) is 4. The summed E-state index contributed by atoms with van der Waals surface area (Å²) in [6, 6.07) is 8.32. The Morgan fingerprint density at radius 3 is 1.88 bits per heavy atom. The van der Waals surface area contributed by atoms with Gasteiger partial charge in [0, 0.05) is 10.8 Å². The molecule has 25 heavy (non-hydrogen) atoms. The molecule has 0 saturated carbocycles. The monoisotopic (exact) mass is 395 g/mol. The highest BCUT2D eigenvalue weighted by Crippen LogP contribution is 2.25. The molecule has 0 bridgehead atoms. The van der Waals surface area contributed by atoms with E-state index in [0.29, 0.717) is 6.61 Å². The number of nitrogens with zero attached hydrogens (tertiary/aromatic N) is 1. The van der Waals surface area contributed by atoms with E-state index in [1.54, 1.807) is 0 Å². The summed E-state index contributed by atoms with van der Waals surface area (Å²) in [5.74, 6) is 0.720. The zero-order valence-corrected chi connectivity index (χ0v) is 20.2. The van der Waals surface area contributed by atoms with Crippen molar-refractivity contribution < 1.29 is 13.0 Å². The van der Waals surface area contributed by atoms with E-state index in [4.69, 9.17) is 18.0 Å². The van der Waals surface area contributed by atoms with Crippen molar-refractivity contribution in [3.8, 4) is 0 Å². The number of hydrogen-bond donors (Lipinski definition) is 0. The fourth-order valence-electron chi connectivity index (χ4n) is 3.09. The Labute approximate surface area is 156 Å². The molecular formula is C18H33NO3Si3. The molecule has 0 unspecified atom stereocenters. The van der Waals surface area contributed by atoms with Crippen molar-refractivity contribution in [3.63, 3.8) is 0 Å². The van der Waals surface area contributed by atoms with Crippen LogP contribution < -0.4 is 5.19 Å². The molecule has 140 valence electrons. The van der Waals surface area contributed by atoms with Crippen LogP contribution in [0.2, 0.25) is 45.8 Å². The van der Waals surface area contributed by atoms with Crippen molar-refractivity contribution in [1.82, 2.24) is 0 Å². The van der Waals surface area contributed by atoms with Gasteiger partial charge < -0.3 is 13.0 Å². The number of rotatable bonds is 6. The first-order valence-corrected chi connectivity index (χ1v) is 18.1. The highest BCUT2D eigenvalue weighted by Gasteiger charge is 2.44. The van der Waals surface area contributed by atoms with Gasteiger partial charge in [0.15, 0.2) is 16.6 Å². The summed E-state index contributed by atoms with van der Waals surface area (Å²) >= 11 is 0. The Bertz CT molecular complexity index is 644. The Morgan fingerprint density at radius 2 is 1.44 bits per heavy atom. The molecule has 7 heteroatoms. The molecule has 1 aliphatic rings. The molecule has 2 rings (SSSR count). The average Bonchev–Trinajstić information content (AvgIpc) is 2.74. The van der Waals surface area contributed by atoms with Crippen molar-refractivity contribution in [2.24, 2.45) is 4.99 Å². The van der Waals surface area contributed by atoms with E-state index in [1.807, 2.05) is 6.07 Å². The third kappa shape index (κ3) is 5.62. The standard InChI is InChI=1S/C18H33NO3Si3/c1-18(2)14-20-17(19-18)15-12-10-11-13-16(15)25(9,21-23(3,4)5)22-24(6,7)8/h10-13H,14H2,1-9H3. The van der Waals surface area contributed by atoms with Gasteiger partial charge in [-0.3, -0.25) is 0 Å². The summed E-state index contributed by atoms with van der Waals surface area (Å²) in [7, 11) is -6.17. The first-order chi connectivity index (χ1) is 11.2. The molecule has 4 nitrogen and oxygen atoms in total. The molecule has 0 saturated heterocycles. The lowest BCUT2D eigenvalue weighted by atomic mass is 10.1. The van der Waals surface area contributed by atoms with Crippen molar-refractivity contribution in [1.29, 1.82) is 0 Å². The fourth-order valence-corrected chi connectivity index (χ4v) is 14.9. The van der Waals surface area contributed by atoms with E-state index >= 15 is 0 Å². The Balaban J connectivity index is 2.55. The molecule has 1 aromatic carbocycles. The van der Waals surface area contributed by atoms with E-state index < -0.39 is 25.2 Å². The first kappa shape index (κ1) is 20.6. The van der Waals surface area contributed by atoms with Crippen LogP contribution in [0.3, 0.4) is 0 Å². The van der Waals surface area contributed by atoms with Gasteiger partial charge in [-0.2, -0.15) is 0 Å². The van der Waals surface area contributed by atoms with Gasteiger partial charge in [0.2, 0.25) is 5.90 Å². The van der Waals surface area contributed by atoms with Gasteiger partial charge in [-0.05, 0) is 65.7 Å². The van der Waals surface area contributed by atoms with Gasteiger partial charge in [0.05, 0.1) is 5.54 Å². The molecule has 1 aromatic rings. The number of benzene rings is 1. The third-order valence-corrected chi connectivity index (χ3v) is 13.0. The second kappa shape index (κ2) is 6.77. The highest BCUT2D eigenvalue weighted by molar-refractivity contribution is 6.94. The van der Waals surface area contributed by atoms with Crippen LogP contribution in [0.4, 0.5) is 0 Å². The van der Waals surface area contributed by atoms with Gasteiger partial charge in [0.25, 0.3) is 0 Å². The molecule has 0 spiro atoms. The summed E-state index contributed by atoms with van der Waals surface area (Å²) in [5.41, 5.74) is 0.846. The minimum atomic E-state index is -2.59. The lowest BCUT2D eigenvalue weighted by Crippen LogP contribution is -2.61. The zero-order valence-electron chi connectivity index (χ0n) is 17.2. The summed E-state index contributed by atoms with van der Waals surface area (Å²) in [6.45, 7) is 20.3. The third-order valence-electron chi connectivity index (χ3n) is 3.61. The van der Waals surface area contributed by atoms with Crippen LogP contribution in [0.15, 0.2) is 29.3 Å². The molecule has 1 aliphatic heterocycles. The molecule has 0 radical (unpaired) electrons. The van der Waals surface area contributed by atoms with Crippen LogP contribution in [0.5, 0.6) is 0 Å². The maximum absolute atomic E-state index is 6.72. The summed E-state index contributed by atoms with van der Waals surface area (Å²) in [6.07, 6.45) is 0. The normalized spacial score (nSPS) is 18.0. The predicted octanol–water partition coefficient (Wildman–Crippen LogP) is 4.22. The second-order valence-corrected chi connectivity index (χ2v) is 22.0. The van der Waals surface area contributed by atoms with Crippen molar-refractivity contribution in [3.05, 3.63) is 29.8 Å². The van der Waals surface area contributed by atoms with Gasteiger partial charge in [-0.25, -0.2) is 4.99 Å². The van der Waals surface area contributed by atoms with E-state index in [0.717, 1.165) is 16.6 Å².